The summed E-state index contributed by atoms with van der Waals surface area (Å²) in [5, 5.41) is 16.0. The average molecular weight is 289 g/mol. The lowest BCUT2D eigenvalue weighted by atomic mass is 10.3. The second-order valence-corrected chi connectivity index (χ2v) is 5.28. The first-order chi connectivity index (χ1) is 8.06. The fourth-order valence-electron chi connectivity index (χ4n) is 1.33. The van der Waals surface area contributed by atoms with Gasteiger partial charge < -0.3 is 10.4 Å². The number of benzene rings is 1. The van der Waals surface area contributed by atoms with Gasteiger partial charge in [-0.15, -0.1) is 11.3 Å². The Morgan fingerprint density at radius 2 is 2.00 bits per heavy atom. The first-order valence-corrected chi connectivity index (χ1v) is 6.52. The quantitative estimate of drug-likeness (QED) is 0.837. The predicted molar refractivity (Wildman–Crippen MR) is 72.3 cm³/mol. The number of hydrogen-bond acceptors (Lipinski definition) is 4. The largest absolute Gasteiger partial charge is 0.505 e. The van der Waals surface area contributed by atoms with Crippen molar-refractivity contribution in [2.24, 2.45) is 0 Å². The number of thiazole rings is 1. The number of phenolic OH excluding ortho intramolecular Hbond substituents is 1. The van der Waals surface area contributed by atoms with E-state index in [9.17, 15) is 5.11 Å². The Balaban J connectivity index is 2.09. The van der Waals surface area contributed by atoms with E-state index in [2.05, 4.69) is 10.3 Å². The van der Waals surface area contributed by atoms with Gasteiger partial charge in [0.2, 0.25) is 0 Å². The zero-order valence-electron chi connectivity index (χ0n) is 9.00. The molecule has 0 fully saturated rings. The maximum atomic E-state index is 9.42. The van der Waals surface area contributed by atoms with Gasteiger partial charge in [-0.05, 0) is 19.1 Å². The Morgan fingerprint density at radius 1 is 1.35 bits per heavy atom. The van der Waals surface area contributed by atoms with E-state index >= 15 is 0 Å². The minimum absolute atomic E-state index is 0.0935. The summed E-state index contributed by atoms with van der Waals surface area (Å²) in [4.78, 5) is 4.33. The van der Waals surface area contributed by atoms with Crippen molar-refractivity contribution in [1.29, 1.82) is 0 Å². The molecule has 0 aliphatic carbocycles. The third-order valence-electron chi connectivity index (χ3n) is 2.13. The van der Waals surface area contributed by atoms with Crippen LogP contribution in [0, 0.1) is 6.92 Å². The molecule has 3 nitrogen and oxygen atoms in total. The van der Waals surface area contributed by atoms with Crippen LogP contribution >= 0.6 is 34.5 Å². The van der Waals surface area contributed by atoms with Gasteiger partial charge >= 0.3 is 0 Å². The third kappa shape index (κ3) is 3.03. The molecule has 90 valence electrons. The van der Waals surface area contributed by atoms with Crippen molar-refractivity contribution in [2.75, 3.05) is 5.32 Å². The topological polar surface area (TPSA) is 45.1 Å². The minimum atomic E-state index is -0.0935. The van der Waals surface area contributed by atoms with Crippen LogP contribution in [0.1, 0.15) is 10.7 Å². The van der Waals surface area contributed by atoms with E-state index in [1.54, 1.807) is 23.5 Å². The lowest BCUT2D eigenvalue weighted by Crippen LogP contribution is -1.99. The molecule has 0 unspecified atom stereocenters. The van der Waals surface area contributed by atoms with Crippen LogP contribution in [0.2, 0.25) is 10.0 Å². The molecule has 0 saturated carbocycles. The summed E-state index contributed by atoms with van der Waals surface area (Å²) in [7, 11) is 0. The molecule has 1 heterocycles. The van der Waals surface area contributed by atoms with E-state index in [-0.39, 0.29) is 15.8 Å². The number of halogens is 2. The summed E-state index contributed by atoms with van der Waals surface area (Å²) in [5.74, 6) is -0.0935. The molecular weight excluding hydrogens is 279 g/mol. The second-order valence-electron chi connectivity index (χ2n) is 3.52. The molecule has 6 heteroatoms. The van der Waals surface area contributed by atoms with E-state index in [1.807, 2.05) is 12.3 Å². The fraction of sp³-hybridized carbons (Fsp3) is 0.182. The van der Waals surface area contributed by atoms with Crippen molar-refractivity contribution in [1.82, 2.24) is 4.98 Å². The van der Waals surface area contributed by atoms with Crippen molar-refractivity contribution < 1.29 is 5.11 Å². The number of aromatic nitrogens is 1. The Morgan fingerprint density at radius 3 is 2.53 bits per heavy atom. The predicted octanol–water partition coefficient (Wildman–Crippen LogP) is 4.08. The lowest BCUT2D eigenvalue weighted by molar-refractivity contribution is 0.476. The molecule has 2 N–H and O–H groups in total. The van der Waals surface area contributed by atoms with Gasteiger partial charge in [0.05, 0.1) is 16.6 Å². The highest BCUT2D eigenvalue weighted by Crippen LogP contribution is 2.34. The van der Waals surface area contributed by atoms with E-state index in [4.69, 9.17) is 23.2 Å². The molecule has 0 spiro atoms. The minimum Gasteiger partial charge on any atom is -0.505 e. The third-order valence-corrected chi connectivity index (χ3v) is 3.67. The number of nitrogens with one attached hydrogen (secondary N) is 1. The van der Waals surface area contributed by atoms with Crippen LogP contribution in [0.15, 0.2) is 17.5 Å². The van der Waals surface area contributed by atoms with Crippen molar-refractivity contribution in [3.63, 3.8) is 0 Å². The number of aryl methyl sites for hydroxylation is 1. The molecule has 1 aromatic carbocycles. The van der Waals surface area contributed by atoms with Crippen LogP contribution in [0.3, 0.4) is 0 Å². The van der Waals surface area contributed by atoms with Gasteiger partial charge in [-0.25, -0.2) is 4.98 Å². The highest BCUT2D eigenvalue weighted by atomic mass is 35.5. The van der Waals surface area contributed by atoms with Gasteiger partial charge in [-0.2, -0.15) is 0 Å². The summed E-state index contributed by atoms with van der Waals surface area (Å²) >= 11 is 13.2. The van der Waals surface area contributed by atoms with E-state index in [1.165, 1.54) is 0 Å². The lowest BCUT2D eigenvalue weighted by Gasteiger charge is -2.07. The molecule has 0 amide bonds. The second kappa shape index (κ2) is 5.12. The zero-order chi connectivity index (χ0) is 12.4. The van der Waals surface area contributed by atoms with Crippen LogP contribution in [-0.2, 0) is 6.54 Å². The van der Waals surface area contributed by atoms with Crippen LogP contribution in [-0.4, -0.2) is 10.1 Å². The Hall–Kier alpha value is -0.970. The zero-order valence-corrected chi connectivity index (χ0v) is 11.3. The molecule has 2 rings (SSSR count). The molecule has 0 saturated heterocycles. The summed E-state index contributed by atoms with van der Waals surface area (Å²) in [5.41, 5.74) is 1.76. The van der Waals surface area contributed by atoms with Crippen molar-refractivity contribution in [3.8, 4) is 5.75 Å². The van der Waals surface area contributed by atoms with Crippen LogP contribution < -0.4 is 5.32 Å². The van der Waals surface area contributed by atoms with Crippen molar-refractivity contribution in [2.45, 2.75) is 13.5 Å². The Kier molecular flexibility index (Phi) is 3.76. The normalized spacial score (nSPS) is 10.5. The van der Waals surface area contributed by atoms with Crippen molar-refractivity contribution >= 4 is 40.2 Å². The summed E-state index contributed by atoms with van der Waals surface area (Å²) in [6.45, 7) is 2.56. The smallest absolute Gasteiger partial charge is 0.152 e. The van der Waals surface area contributed by atoms with Crippen LogP contribution in [0.4, 0.5) is 5.69 Å². The number of phenols is 1. The molecular formula is C11H10Cl2N2OS. The van der Waals surface area contributed by atoms with Gasteiger partial charge in [0, 0.05) is 16.8 Å². The van der Waals surface area contributed by atoms with Crippen LogP contribution in [0.25, 0.3) is 0 Å². The number of rotatable bonds is 3. The molecule has 0 aliphatic heterocycles. The molecule has 17 heavy (non-hydrogen) atoms. The first kappa shape index (κ1) is 12.5. The maximum absolute atomic E-state index is 9.42. The monoisotopic (exact) mass is 288 g/mol. The molecule has 0 bridgehead atoms. The first-order valence-electron chi connectivity index (χ1n) is 4.89. The van der Waals surface area contributed by atoms with Crippen molar-refractivity contribution in [3.05, 3.63) is 38.3 Å². The van der Waals surface area contributed by atoms with E-state index in [0.29, 0.717) is 6.54 Å². The number of hydrogen-bond donors (Lipinski definition) is 2. The molecule has 2 aromatic rings. The van der Waals surface area contributed by atoms with E-state index in [0.717, 1.165) is 16.4 Å². The average Bonchev–Trinajstić information content (AvgIpc) is 2.69. The number of anilines is 1. The fourth-order valence-corrected chi connectivity index (χ4v) is 2.53. The highest BCUT2D eigenvalue weighted by molar-refractivity contribution is 7.09. The molecule has 1 aromatic heterocycles. The summed E-state index contributed by atoms with van der Waals surface area (Å²) in [6.07, 6.45) is 0. The molecule has 0 radical (unpaired) electrons. The number of aromatic hydroxyl groups is 1. The Bertz CT molecular complexity index is 519. The number of nitrogens with zero attached hydrogens (tertiary/aromatic N) is 1. The highest BCUT2D eigenvalue weighted by Gasteiger charge is 2.07. The molecule has 0 aliphatic rings. The van der Waals surface area contributed by atoms with E-state index < -0.39 is 0 Å². The summed E-state index contributed by atoms with van der Waals surface area (Å²) in [6, 6.07) is 3.26. The van der Waals surface area contributed by atoms with Gasteiger partial charge in [-0.3, -0.25) is 0 Å². The van der Waals surface area contributed by atoms with Crippen LogP contribution in [0.5, 0.6) is 5.75 Å². The SMILES string of the molecule is Cc1csc(CNc2cc(Cl)c(O)c(Cl)c2)n1. The standard InChI is InChI=1S/C11H10Cl2N2OS/c1-6-5-17-10(15-6)4-14-7-2-8(12)11(16)9(13)3-7/h2-3,5,14,16H,4H2,1H3. The Labute approximate surface area is 113 Å². The van der Waals surface area contributed by atoms with Gasteiger partial charge in [-0.1, -0.05) is 23.2 Å². The van der Waals surface area contributed by atoms with Gasteiger partial charge in [0.25, 0.3) is 0 Å². The van der Waals surface area contributed by atoms with Gasteiger partial charge in [0.1, 0.15) is 5.01 Å². The maximum Gasteiger partial charge on any atom is 0.152 e. The summed E-state index contributed by atoms with van der Waals surface area (Å²) < 4.78 is 0. The van der Waals surface area contributed by atoms with Gasteiger partial charge in [0.15, 0.2) is 5.75 Å². The molecule has 0 atom stereocenters.